The van der Waals surface area contributed by atoms with Crippen LogP contribution in [0.15, 0.2) is 137 Å². The first kappa shape index (κ1) is 29.3. The van der Waals surface area contributed by atoms with E-state index < -0.39 is 0 Å². The Morgan fingerprint density at radius 2 is 1.29 bits per heavy atom. The fraction of sp³-hybridized carbons (Fsp3) is 0.106. The molecule has 49 heavy (non-hydrogen) atoms. The second-order valence-electron chi connectivity index (χ2n) is 14.0. The molecule has 0 fully saturated rings. The molecule has 0 unspecified atom stereocenters. The summed E-state index contributed by atoms with van der Waals surface area (Å²) in [6.07, 6.45) is 5.99. The highest BCUT2D eigenvalue weighted by atomic mass is 16.3. The zero-order valence-corrected chi connectivity index (χ0v) is 28.2. The van der Waals surface area contributed by atoms with Crippen LogP contribution in [-0.4, -0.2) is 0 Å². The molecule has 0 atom stereocenters. The second kappa shape index (κ2) is 10.8. The lowest BCUT2D eigenvalue weighted by Crippen LogP contribution is -2.10. The molecule has 0 aliphatic heterocycles. The van der Waals surface area contributed by atoms with Gasteiger partial charge in [-0.05, 0) is 86.3 Å². The smallest absolute Gasteiger partial charge is 0.143 e. The summed E-state index contributed by atoms with van der Waals surface area (Å²) in [5.74, 6) is 0.772. The van der Waals surface area contributed by atoms with Gasteiger partial charge in [-0.3, -0.25) is 0 Å². The Bertz CT molecular complexity index is 2820. The molecule has 236 valence electrons. The van der Waals surface area contributed by atoms with Gasteiger partial charge in [-0.15, -0.1) is 0 Å². The molecule has 0 bridgehead atoms. The number of furan rings is 2. The van der Waals surface area contributed by atoms with Gasteiger partial charge in [0.2, 0.25) is 0 Å². The van der Waals surface area contributed by atoms with Crippen LogP contribution in [0.1, 0.15) is 44.6 Å². The maximum absolute atomic E-state index is 6.95. The standard InChI is InChI=1S/C47H36O2/c1-6-15-34-38(7-2)48-40-25-22-29-26-37(46-45(42(29)44(34)40)35-20-13-14-21-39(35)49-46)43-32-19-12-11-18-31(32)41(28-16-9-8-10-17-28)36-27-30(47(3,4)5)23-24-33(36)43/h6-27H,2H2,1,3-5H3/b15-6-. The van der Waals surface area contributed by atoms with Crippen molar-refractivity contribution in [3.05, 3.63) is 145 Å². The molecule has 0 saturated heterocycles. The monoisotopic (exact) mass is 632 g/mol. The van der Waals surface area contributed by atoms with Crippen LogP contribution < -0.4 is 0 Å². The molecule has 0 saturated carbocycles. The molecule has 0 spiro atoms. The van der Waals surface area contributed by atoms with Gasteiger partial charge in [0.15, 0.2) is 0 Å². The molecule has 0 amide bonds. The first-order chi connectivity index (χ1) is 23.9. The third-order valence-corrected chi connectivity index (χ3v) is 10.1. The lowest BCUT2D eigenvalue weighted by atomic mass is 9.81. The number of hydrogen-bond donors (Lipinski definition) is 0. The van der Waals surface area contributed by atoms with Crippen LogP contribution in [0.5, 0.6) is 0 Å². The number of hydrogen-bond acceptors (Lipinski definition) is 2. The minimum Gasteiger partial charge on any atom is -0.456 e. The van der Waals surface area contributed by atoms with Crippen LogP contribution in [-0.2, 0) is 5.41 Å². The number of benzene rings is 7. The van der Waals surface area contributed by atoms with Gasteiger partial charge in [0.05, 0.1) is 0 Å². The normalized spacial score (nSPS) is 12.5. The van der Waals surface area contributed by atoms with Gasteiger partial charge < -0.3 is 8.83 Å². The molecule has 0 aliphatic carbocycles. The van der Waals surface area contributed by atoms with Gasteiger partial charge in [0.25, 0.3) is 0 Å². The highest BCUT2D eigenvalue weighted by molar-refractivity contribution is 6.32. The minimum absolute atomic E-state index is 0.00614. The van der Waals surface area contributed by atoms with Gasteiger partial charge in [-0.25, -0.2) is 0 Å². The Labute approximate surface area is 285 Å². The molecular weight excluding hydrogens is 597 g/mol. The largest absolute Gasteiger partial charge is 0.456 e. The highest BCUT2D eigenvalue weighted by Crippen LogP contribution is 2.50. The van der Waals surface area contributed by atoms with Gasteiger partial charge in [0, 0.05) is 38.2 Å². The molecule has 9 aromatic rings. The van der Waals surface area contributed by atoms with Crippen molar-refractivity contribution in [1.29, 1.82) is 0 Å². The highest BCUT2D eigenvalue weighted by Gasteiger charge is 2.25. The van der Waals surface area contributed by atoms with Gasteiger partial charge in [-0.1, -0.05) is 130 Å². The number of allylic oxidation sites excluding steroid dienone is 1. The predicted molar refractivity (Wildman–Crippen MR) is 210 cm³/mol. The Balaban J connectivity index is 1.52. The van der Waals surface area contributed by atoms with E-state index in [-0.39, 0.29) is 5.41 Å². The third kappa shape index (κ3) is 4.34. The third-order valence-electron chi connectivity index (χ3n) is 10.1. The van der Waals surface area contributed by atoms with Crippen LogP contribution in [0, 0.1) is 0 Å². The van der Waals surface area contributed by atoms with Crippen LogP contribution in [0.3, 0.4) is 0 Å². The fourth-order valence-corrected chi connectivity index (χ4v) is 7.86. The lowest BCUT2D eigenvalue weighted by Gasteiger charge is -2.23. The Morgan fingerprint density at radius 1 is 0.592 bits per heavy atom. The molecule has 2 heterocycles. The van der Waals surface area contributed by atoms with E-state index in [1.54, 1.807) is 6.08 Å². The molecule has 7 aromatic carbocycles. The van der Waals surface area contributed by atoms with Crippen molar-refractivity contribution in [2.45, 2.75) is 33.1 Å². The SMILES string of the molecule is C=Cc1oc2ccc3cc(-c4c5ccccc5c(-c5ccccc5)c5cc(C(C)(C)C)ccc45)c4oc5ccccc5c4c3c2c1/C=C\C. The van der Waals surface area contributed by atoms with E-state index in [9.17, 15) is 0 Å². The van der Waals surface area contributed by atoms with Crippen LogP contribution in [0.2, 0.25) is 0 Å². The molecule has 2 heteroatoms. The number of fused-ring (bicyclic) bond motifs is 9. The molecule has 2 nitrogen and oxygen atoms in total. The van der Waals surface area contributed by atoms with E-state index in [1.165, 1.54) is 43.8 Å². The van der Waals surface area contributed by atoms with Gasteiger partial charge in [-0.2, -0.15) is 0 Å². The predicted octanol–water partition coefficient (Wildman–Crippen LogP) is 14.1. The van der Waals surface area contributed by atoms with E-state index in [0.29, 0.717) is 0 Å². The van der Waals surface area contributed by atoms with Gasteiger partial charge in [0.1, 0.15) is 22.5 Å². The lowest BCUT2D eigenvalue weighted by molar-refractivity contribution is 0.591. The average Bonchev–Trinajstić information content (AvgIpc) is 3.69. The van der Waals surface area contributed by atoms with E-state index in [0.717, 1.165) is 60.6 Å². The van der Waals surface area contributed by atoms with Crippen molar-refractivity contribution in [1.82, 2.24) is 0 Å². The van der Waals surface area contributed by atoms with Crippen molar-refractivity contribution >= 4 is 77.4 Å². The van der Waals surface area contributed by atoms with Crippen molar-refractivity contribution in [2.24, 2.45) is 0 Å². The van der Waals surface area contributed by atoms with Crippen LogP contribution in [0.25, 0.3) is 99.6 Å². The van der Waals surface area contributed by atoms with E-state index in [2.05, 4.69) is 155 Å². The molecule has 2 aromatic heterocycles. The van der Waals surface area contributed by atoms with Crippen molar-refractivity contribution in [3.8, 4) is 22.3 Å². The summed E-state index contributed by atoms with van der Waals surface area (Å²) >= 11 is 0. The molecule has 0 aliphatic rings. The summed E-state index contributed by atoms with van der Waals surface area (Å²) < 4.78 is 13.3. The molecule has 9 rings (SSSR count). The average molecular weight is 633 g/mol. The molecular formula is C47H36O2. The van der Waals surface area contributed by atoms with E-state index >= 15 is 0 Å². The zero-order chi connectivity index (χ0) is 33.4. The Kier molecular flexibility index (Phi) is 6.48. The van der Waals surface area contributed by atoms with E-state index in [1.807, 2.05) is 6.92 Å². The number of para-hydroxylation sites is 1. The van der Waals surface area contributed by atoms with Crippen molar-refractivity contribution in [3.63, 3.8) is 0 Å². The Morgan fingerprint density at radius 3 is 2.02 bits per heavy atom. The van der Waals surface area contributed by atoms with E-state index in [4.69, 9.17) is 8.83 Å². The first-order valence-electron chi connectivity index (χ1n) is 17.0. The van der Waals surface area contributed by atoms with Crippen molar-refractivity contribution in [2.75, 3.05) is 0 Å². The summed E-state index contributed by atoms with van der Waals surface area (Å²) in [5.41, 5.74) is 9.67. The molecule has 0 N–H and O–H groups in total. The van der Waals surface area contributed by atoms with Crippen LogP contribution >= 0.6 is 0 Å². The summed E-state index contributed by atoms with van der Waals surface area (Å²) in [4.78, 5) is 0. The zero-order valence-electron chi connectivity index (χ0n) is 28.2. The topological polar surface area (TPSA) is 26.3 Å². The van der Waals surface area contributed by atoms with Gasteiger partial charge >= 0.3 is 0 Å². The fourth-order valence-electron chi connectivity index (χ4n) is 7.86. The molecule has 0 radical (unpaired) electrons. The maximum Gasteiger partial charge on any atom is 0.143 e. The quantitative estimate of drug-likeness (QED) is 0.180. The first-order valence-corrected chi connectivity index (χ1v) is 17.0. The van der Waals surface area contributed by atoms with Crippen LogP contribution in [0.4, 0.5) is 0 Å². The summed E-state index contributed by atoms with van der Waals surface area (Å²) in [6.45, 7) is 13.0. The number of rotatable bonds is 4. The van der Waals surface area contributed by atoms with Crippen molar-refractivity contribution < 1.29 is 8.83 Å². The Hall–Kier alpha value is -5.86. The maximum atomic E-state index is 6.95. The second-order valence-corrected chi connectivity index (χ2v) is 14.0. The minimum atomic E-state index is -0.00614. The summed E-state index contributed by atoms with van der Waals surface area (Å²) in [5, 5.41) is 10.4. The summed E-state index contributed by atoms with van der Waals surface area (Å²) in [6, 6.07) is 41.8. The summed E-state index contributed by atoms with van der Waals surface area (Å²) in [7, 11) is 0.